The zero-order chi connectivity index (χ0) is 11.2. The molecular formula is C13H17N3. The maximum Gasteiger partial charge on any atom is 0.101 e. The normalized spacial score (nSPS) is 20.8. The van der Waals surface area contributed by atoms with E-state index in [1.54, 1.807) is 0 Å². The minimum atomic E-state index is 0.442. The Kier molecular flexibility index (Phi) is 3.79. The topological polar surface area (TPSA) is 47.9 Å². The summed E-state index contributed by atoms with van der Waals surface area (Å²) >= 11 is 0. The minimum Gasteiger partial charge on any atom is -0.380 e. The van der Waals surface area contributed by atoms with E-state index in [0.717, 1.165) is 24.3 Å². The van der Waals surface area contributed by atoms with Crippen molar-refractivity contribution < 1.29 is 0 Å². The van der Waals surface area contributed by atoms with Gasteiger partial charge in [-0.1, -0.05) is 18.6 Å². The van der Waals surface area contributed by atoms with Crippen LogP contribution in [0.1, 0.15) is 24.8 Å². The number of hydrogen-bond acceptors (Lipinski definition) is 3. The first kappa shape index (κ1) is 11.0. The van der Waals surface area contributed by atoms with E-state index in [0.29, 0.717) is 6.04 Å². The smallest absolute Gasteiger partial charge is 0.101 e. The average molecular weight is 215 g/mol. The molecule has 0 aromatic heterocycles. The standard InChI is InChI=1S/C13H17N3/c14-9-11-5-1-2-7-13(11)16-12-6-3-4-8-15-10-12/h1-2,5,7,12,15-16H,3-4,6,8,10H2. The summed E-state index contributed by atoms with van der Waals surface area (Å²) in [6.45, 7) is 2.10. The van der Waals surface area contributed by atoms with E-state index in [-0.39, 0.29) is 0 Å². The van der Waals surface area contributed by atoms with Gasteiger partial charge in [-0.05, 0) is 31.5 Å². The summed E-state index contributed by atoms with van der Waals surface area (Å²) in [5.74, 6) is 0. The monoisotopic (exact) mass is 215 g/mol. The maximum absolute atomic E-state index is 9.00. The molecule has 1 fully saturated rings. The van der Waals surface area contributed by atoms with Crippen LogP contribution in [0.5, 0.6) is 0 Å². The molecule has 1 heterocycles. The molecule has 1 atom stereocenters. The maximum atomic E-state index is 9.00. The summed E-state index contributed by atoms with van der Waals surface area (Å²) < 4.78 is 0. The van der Waals surface area contributed by atoms with Crippen molar-refractivity contribution in [2.45, 2.75) is 25.3 Å². The van der Waals surface area contributed by atoms with Crippen molar-refractivity contribution in [3.63, 3.8) is 0 Å². The highest BCUT2D eigenvalue weighted by Gasteiger charge is 2.12. The lowest BCUT2D eigenvalue weighted by Crippen LogP contribution is -2.31. The molecule has 3 heteroatoms. The van der Waals surface area contributed by atoms with Crippen LogP contribution in [0.15, 0.2) is 24.3 Å². The van der Waals surface area contributed by atoms with Crippen molar-refractivity contribution >= 4 is 5.69 Å². The molecule has 0 saturated carbocycles. The molecule has 0 amide bonds. The Morgan fingerprint density at radius 2 is 2.19 bits per heavy atom. The third kappa shape index (κ3) is 2.74. The number of anilines is 1. The molecule has 1 unspecified atom stereocenters. The van der Waals surface area contributed by atoms with Crippen LogP contribution in [0.25, 0.3) is 0 Å². The molecule has 0 bridgehead atoms. The number of benzene rings is 1. The molecule has 3 nitrogen and oxygen atoms in total. The molecule has 84 valence electrons. The fraction of sp³-hybridized carbons (Fsp3) is 0.462. The summed E-state index contributed by atoms with van der Waals surface area (Å²) in [4.78, 5) is 0. The number of nitriles is 1. The molecule has 2 N–H and O–H groups in total. The van der Waals surface area contributed by atoms with Crippen LogP contribution in [0.3, 0.4) is 0 Å². The molecule has 1 aliphatic rings. The number of para-hydroxylation sites is 1. The van der Waals surface area contributed by atoms with Gasteiger partial charge in [0, 0.05) is 12.6 Å². The van der Waals surface area contributed by atoms with E-state index >= 15 is 0 Å². The van der Waals surface area contributed by atoms with Gasteiger partial charge in [0.1, 0.15) is 6.07 Å². The third-order valence-electron chi connectivity index (χ3n) is 2.95. The Hall–Kier alpha value is -1.53. The first-order valence-electron chi connectivity index (χ1n) is 5.86. The lowest BCUT2D eigenvalue weighted by atomic mass is 10.1. The second-order valence-corrected chi connectivity index (χ2v) is 4.20. The van der Waals surface area contributed by atoms with Crippen molar-refractivity contribution in [3.05, 3.63) is 29.8 Å². The first-order valence-corrected chi connectivity index (χ1v) is 5.86. The highest BCUT2D eigenvalue weighted by Crippen LogP contribution is 2.17. The molecular weight excluding hydrogens is 198 g/mol. The first-order chi connectivity index (χ1) is 7.90. The van der Waals surface area contributed by atoms with Crippen LogP contribution in [-0.4, -0.2) is 19.1 Å². The lowest BCUT2D eigenvalue weighted by molar-refractivity contribution is 0.636. The Morgan fingerprint density at radius 1 is 1.31 bits per heavy atom. The van der Waals surface area contributed by atoms with Gasteiger partial charge in [-0.25, -0.2) is 0 Å². The van der Waals surface area contributed by atoms with Crippen LogP contribution in [0.4, 0.5) is 5.69 Å². The molecule has 1 saturated heterocycles. The Bertz CT molecular complexity index is 373. The van der Waals surface area contributed by atoms with Gasteiger partial charge < -0.3 is 10.6 Å². The molecule has 2 rings (SSSR count). The van der Waals surface area contributed by atoms with Gasteiger partial charge in [0.15, 0.2) is 0 Å². The van der Waals surface area contributed by atoms with E-state index in [4.69, 9.17) is 5.26 Å². The predicted octanol–water partition coefficient (Wildman–Crippen LogP) is 2.11. The average Bonchev–Trinajstić information content (AvgIpc) is 2.58. The highest BCUT2D eigenvalue weighted by atomic mass is 15.0. The summed E-state index contributed by atoms with van der Waals surface area (Å²) in [5.41, 5.74) is 1.69. The van der Waals surface area contributed by atoms with E-state index < -0.39 is 0 Å². The Morgan fingerprint density at radius 3 is 3.06 bits per heavy atom. The lowest BCUT2D eigenvalue weighted by Gasteiger charge is -2.18. The highest BCUT2D eigenvalue weighted by molar-refractivity contribution is 5.57. The number of nitrogens with one attached hydrogen (secondary N) is 2. The van der Waals surface area contributed by atoms with E-state index in [1.165, 1.54) is 19.3 Å². The molecule has 1 aliphatic heterocycles. The van der Waals surface area contributed by atoms with Crippen molar-refractivity contribution in [2.24, 2.45) is 0 Å². The summed E-state index contributed by atoms with van der Waals surface area (Å²) in [6.07, 6.45) is 3.67. The van der Waals surface area contributed by atoms with Gasteiger partial charge in [-0.2, -0.15) is 5.26 Å². The molecule has 0 radical (unpaired) electrons. The fourth-order valence-corrected chi connectivity index (χ4v) is 2.07. The largest absolute Gasteiger partial charge is 0.380 e. The van der Waals surface area contributed by atoms with Gasteiger partial charge in [0.25, 0.3) is 0 Å². The molecule has 1 aromatic rings. The van der Waals surface area contributed by atoms with Gasteiger partial charge in [0.2, 0.25) is 0 Å². The summed E-state index contributed by atoms with van der Waals surface area (Å²) in [6, 6.07) is 10.4. The van der Waals surface area contributed by atoms with Gasteiger partial charge in [0.05, 0.1) is 11.3 Å². The van der Waals surface area contributed by atoms with Crippen molar-refractivity contribution in [3.8, 4) is 6.07 Å². The zero-order valence-corrected chi connectivity index (χ0v) is 9.37. The SMILES string of the molecule is N#Cc1ccccc1NC1CCCCNC1. The third-order valence-corrected chi connectivity index (χ3v) is 2.95. The molecule has 0 spiro atoms. The fourth-order valence-electron chi connectivity index (χ4n) is 2.07. The quantitative estimate of drug-likeness (QED) is 0.794. The van der Waals surface area contributed by atoms with Crippen LogP contribution >= 0.6 is 0 Å². The van der Waals surface area contributed by atoms with Crippen LogP contribution < -0.4 is 10.6 Å². The minimum absolute atomic E-state index is 0.442. The molecule has 16 heavy (non-hydrogen) atoms. The van der Waals surface area contributed by atoms with Gasteiger partial charge in [-0.3, -0.25) is 0 Å². The second kappa shape index (κ2) is 5.53. The Labute approximate surface area is 96.5 Å². The van der Waals surface area contributed by atoms with Crippen molar-refractivity contribution in [2.75, 3.05) is 18.4 Å². The van der Waals surface area contributed by atoms with Crippen LogP contribution in [0, 0.1) is 11.3 Å². The van der Waals surface area contributed by atoms with E-state index in [1.807, 2.05) is 24.3 Å². The number of hydrogen-bond donors (Lipinski definition) is 2. The van der Waals surface area contributed by atoms with Crippen molar-refractivity contribution in [1.82, 2.24) is 5.32 Å². The zero-order valence-electron chi connectivity index (χ0n) is 9.37. The predicted molar refractivity (Wildman–Crippen MR) is 65.3 cm³/mol. The van der Waals surface area contributed by atoms with Gasteiger partial charge in [-0.15, -0.1) is 0 Å². The summed E-state index contributed by atoms with van der Waals surface area (Å²) in [7, 11) is 0. The molecule has 0 aliphatic carbocycles. The van der Waals surface area contributed by atoms with Crippen molar-refractivity contribution in [1.29, 1.82) is 5.26 Å². The molecule has 1 aromatic carbocycles. The number of rotatable bonds is 2. The number of nitrogens with zero attached hydrogens (tertiary/aromatic N) is 1. The van der Waals surface area contributed by atoms with E-state index in [9.17, 15) is 0 Å². The second-order valence-electron chi connectivity index (χ2n) is 4.20. The summed E-state index contributed by atoms with van der Waals surface area (Å²) in [5, 5.41) is 15.9. The Balaban J connectivity index is 2.05. The van der Waals surface area contributed by atoms with Gasteiger partial charge >= 0.3 is 0 Å². The van der Waals surface area contributed by atoms with Crippen LogP contribution in [-0.2, 0) is 0 Å². The van der Waals surface area contributed by atoms with Crippen LogP contribution in [0.2, 0.25) is 0 Å². The van der Waals surface area contributed by atoms with E-state index in [2.05, 4.69) is 16.7 Å².